The van der Waals surface area contributed by atoms with Crippen LogP contribution < -0.4 is 11.1 Å². The summed E-state index contributed by atoms with van der Waals surface area (Å²) in [6.45, 7) is 3.13. The van der Waals surface area contributed by atoms with Crippen molar-refractivity contribution in [3.8, 4) is 0 Å². The number of benzene rings is 1. The van der Waals surface area contributed by atoms with E-state index in [4.69, 9.17) is 5.73 Å². The maximum Gasteiger partial charge on any atom is 0.0743 e. The minimum atomic E-state index is 0.479. The van der Waals surface area contributed by atoms with Crippen LogP contribution in [0.1, 0.15) is 19.8 Å². The summed E-state index contributed by atoms with van der Waals surface area (Å²) in [5.74, 6) is 0. The van der Waals surface area contributed by atoms with Crippen LogP contribution in [0.3, 0.4) is 0 Å². The zero-order valence-electron chi connectivity index (χ0n) is 12.4. The normalized spacial score (nSPS) is 16.4. The summed E-state index contributed by atoms with van der Waals surface area (Å²) in [4.78, 5) is 6.83. The van der Waals surface area contributed by atoms with Crippen LogP contribution in [0.15, 0.2) is 28.9 Å². The molecule has 1 aromatic carbocycles. The molecule has 0 aliphatic heterocycles. The van der Waals surface area contributed by atoms with E-state index < -0.39 is 0 Å². The van der Waals surface area contributed by atoms with Crippen LogP contribution in [-0.4, -0.2) is 35.6 Å². The number of hydrogen-bond acceptors (Lipinski definition) is 4. The standard InChI is InChI=1S/C16H21BrN4/c1-10(21(2)12-4-5-12)8-20-16-13-7-11(17)3-6-15(13)19-9-14(16)18/h3,6-7,9-10,12H,4-5,8,18H2,1-2H3,(H,19,20). The van der Waals surface area contributed by atoms with E-state index in [0.29, 0.717) is 11.7 Å². The number of anilines is 2. The summed E-state index contributed by atoms with van der Waals surface area (Å²) >= 11 is 3.52. The van der Waals surface area contributed by atoms with Gasteiger partial charge in [0.15, 0.2) is 0 Å². The quantitative estimate of drug-likeness (QED) is 0.868. The molecule has 5 heteroatoms. The predicted molar refractivity (Wildman–Crippen MR) is 92.6 cm³/mol. The molecule has 1 saturated carbocycles. The molecule has 1 aromatic heterocycles. The van der Waals surface area contributed by atoms with E-state index in [2.05, 4.69) is 51.2 Å². The number of nitrogens with one attached hydrogen (secondary N) is 1. The number of pyridine rings is 1. The Hall–Kier alpha value is -1.33. The first-order chi connectivity index (χ1) is 10.1. The summed E-state index contributed by atoms with van der Waals surface area (Å²) in [6, 6.07) is 7.31. The van der Waals surface area contributed by atoms with E-state index in [-0.39, 0.29) is 0 Å². The smallest absolute Gasteiger partial charge is 0.0743 e. The lowest BCUT2D eigenvalue weighted by atomic mass is 10.1. The molecule has 1 aliphatic carbocycles. The number of halogens is 1. The van der Waals surface area contributed by atoms with E-state index in [1.165, 1.54) is 12.8 Å². The van der Waals surface area contributed by atoms with Crippen LogP contribution in [0.2, 0.25) is 0 Å². The molecule has 0 amide bonds. The van der Waals surface area contributed by atoms with Crippen LogP contribution in [0.5, 0.6) is 0 Å². The van der Waals surface area contributed by atoms with Crippen molar-refractivity contribution in [2.24, 2.45) is 0 Å². The molecule has 1 heterocycles. The number of aromatic nitrogens is 1. The van der Waals surface area contributed by atoms with Gasteiger partial charge in [-0.05, 0) is 45.0 Å². The Morgan fingerprint density at radius 3 is 2.95 bits per heavy atom. The van der Waals surface area contributed by atoms with Gasteiger partial charge in [0.05, 0.1) is 23.1 Å². The molecular formula is C16H21BrN4. The van der Waals surface area contributed by atoms with E-state index in [1.807, 2.05) is 12.1 Å². The van der Waals surface area contributed by atoms with Crippen molar-refractivity contribution in [2.75, 3.05) is 24.6 Å². The number of nitrogens with two attached hydrogens (primary N) is 1. The summed E-state index contributed by atoms with van der Waals surface area (Å²) in [5, 5.41) is 4.58. The topological polar surface area (TPSA) is 54.2 Å². The number of nitrogens with zero attached hydrogens (tertiary/aromatic N) is 2. The van der Waals surface area contributed by atoms with Gasteiger partial charge < -0.3 is 11.1 Å². The van der Waals surface area contributed by atoms with Crippen LogP contribution >= 0.6 is 15.9 Å². The number of nitrogen functional groups attached to an aromatic ring is 1. The van der Waals surface area contributed by atoms with Gasteiger partial charge in [0, 0.05) is 28.5 Å². The van der Waals surface area contributed by atoms with Crippen molar-refractivity contribution in [3.63, 3.8) is 0 Å². The van der Waals surface area contributed by atoms with Crippen molar-refractivity contribution in [3.05, 3.63) is 28.9 Å². The fourth-order valence-electron chi connectivity index (χ4n) is 2.61. The molecule has 1 atom stereocenters. The third-order valence-electron chi connectivity index (χ3n) is 4.25. The lowest BCUT2D eigenvalue weighted by Crippen LogP contribution is -2.36. The first-order valence-electron chi connectivity index (χ1n) is 7.36. The maximum absolute atomic E-state index is 6.12. The van der Waals surface area contributed by atoms with Crippen LogP contribution in [0.25, 0.3) is 10.9 Å². The molecule has 0 radical (unpaired) electrons. The molecular weight excluding hydrogens is 328 g/mol. The molecule has 21 heavy (non-hydrogen) atoms. The second kappa shape index (κ2) is 5.81. The Balaban J connectivity index is 1.82. The van der Waals surface area contributed by atoms with Gasteiger partial charge in [-0.2, -0.15) is 0 Å². The van der Waals surface area contributed by atoms with E-state index in [0.717, 1.165) is 33.6 Å². The van der Waals surface area contributed by atoms with E-state index in [1.54, 1.807) is 6.20 Å². The van der Waals surface area contributed by atoms with Crippen LogP contribution in [0, 0.1) is 0 Å². The minimum absolute atomic E-state index is 0.479. The molecule has 3 N–H and O–H groups in total. The van der Waals surface area contributed by atoms with Crippen LogP contribution in [0.4, 0.5) is 11.4 Å². The van der Waals surface area contributed by atoms with Crippen molar-refractivity contribution in [1.29, 1.82) is 0 Å². The number of likely N-dealkylation sites (N-methyl/N-ethyl adjacent to an activating group) is 1. The van der Waals surface area contributed by atoms with Crippen molar-refractivity contribution < 1.29 is 0 Å². The highest BCUT2D eigenvalue weighted by molar-refractivity contribution is 9.10. The van der Waals surface area contributed by atoms with Gasteiger partial charge >= 0.3 is 0 Å². The fraction of sp³-hybridized carbons (Fsp3) is 0.438. The Bertz CT molecular complexity index is 649. The Kier molecular flexibility index (Phi) is 4.04. The average molecular weight is 349 g/mol. The molecule has 1 unspecified atom stereocenters. The van der Waals surface area contributed by atoms with Gasteiger partial charge in [-0.25, -0.2) is 0 Å². The molecule has 0 bridgehead atoms. The third-order valence-corrected chi connectivity index (χ3v) is 4.74. The second-order valence-electron chi connectivity index (χ2n) is 5.88. The van der Waals surface area contributed by atoms with Gasteiger partial charge in [-0.3, -0.25) is 9.88 Å². The van der Waals surface area contributed by atoms with Gasteiger partial charge in [0.25, 0.3) is 0 Å². The fourth-order valence-corrected chi connectivity index (χ4v) is 2.97. The highest BCUT2D eigenvalue weighted by atomic mass is 79.9. The lowest BCUT2D eigenvalue weighted by molar-refractivity contribution is 0.257. The van der Waals surface area contributed by atoms with Crippen molar-refractivity contribution in [2.45, 2.75) is 31.8 Å². The molecule has 112 valence electrons. The number of hydrogen-bond donors (Lipinski definition) is 2. The first-order valence-corrected chi connectivity index (χ1v) is 8.15. The highest BCUT2D eigenvalue weighted by Crippen LogP contribution is 2.31. The van der Waals surface area contributed by atoms with Crippen molar-refractivity contribution >= 4 is 38.2 Å². The lowest BCUT2D eigenvalue weighted by Gasteiger charge is -2.25. The number of rotatable bonds is 5. The molecule has 3 rings (SSSR count). The summed E-state index contributed by atoms with van der Waals surface area (Å²) in [7, 11) is 2.20. The largest absolute Gasteiger partial charge is 0.396 e. The molecule has 2 aromatic rings. The van der Waals surface area contributed by atoms with E-state index >= 15 is 0 Å². The summed E-state index contributed by atoms with van der Waals surface area (Å²) < 4.78 is 1.04. The minimum Gasteiger partial charge on any atom is -0.396 e. The Morgan fingerprint density at radius 2 is 2.24 bits per heavy atom. The van der Waals surface area contributed by atoms with Crippen molar-refractivity contribution in [1.82, 2.24) is 9.88 Å². The average Bonchev–Trinajstić information content (AvgIpc) is 3.29. The van der Waals surface area contributed by atoms with Gasteiger partial charge in [0.2, 0.25) is 0 Å². The molecule has 1 fully saturated rings. The monoisotopic (exact) mass is 348 g/mol. The maximum atomic E-state index is 6.12. The first kappa shape index (κ1) is 14.6. The SMILES string of the molecule is CC(CNc1c(N)cnc2ccc(Br)cc12)N(C)C1CC1. The molecule has 0 spiro atoms. The van der Waals surface area contributed by atoms with Gasteiger partial charge in [0.1, 0.15) is 0 Å². The van der Waals surface area contributed by atoms with Crippen LogP contribution in [-0.2, 0) is 0 Å². The van der Waals surface area contributed by atoms with E-state index in [9.17, 15) is 0 Å². The molecule has 0 saturated heterocycles. The Morgan fingerprint density at radius 1 is 1.48 bits per heavy atom. The molecule has 1 aliphatic rings. The second-order valence-corrected chi connectivity index (χ2v) is 6.79. The van der Waals surface area contributed by atoms with Gasteiger partial charge in [-0.1, -0.05) is 15.9 Å². The molecule has 4 nitrogen and oxygen atoms in total. The predicted octanol–water partition coefficient (Wildman–Crippen LogP) is 3.47. The zero-order valence-corrected chi connectivity index (χ0v) is 14.0. The van der Waals surface area contributed by atoms with Gasteiger partial charge in [-0.15, -0.1) is 0 Å². The number of fused-ring (bicyclic) bond motifs is 1. The summed E-state index contributed by atoms with van der Waals surface area (Å²) in [6.07, 6.45) is 4.38. The highest BCUT2D eigenvalue weighted by Gasteiger charge is 2.29. The zero-order chi connectivity index (χ0) is 15.0. The summed E-state index contributed by atoms with van der Waals surface area (Å²) in [5.41, 5.74) is 8.75. The Labute approximate surface area is 133 Å². The third kappa shape index (κ3) is 3.14.